The van der Waals surface area contributed by atoms with Gasteiger partial charge in [-0.15, -0.1) is 0 Å². The van der Waals surface area contributed by atoms with E-state index >= 15 is 0 Å². The second kappa shape index (κ2) is 15.7. The molecule has 6 heteroatoms. The predicted octanol–water partition coefficient (Wildman–Crippen LogP) is 10.9. The van der Waals surface area contributed by atoms with Crippen LogP contribution in [0.3, 0.4) is 0 Å². The molecule has 0 N–H and O–H groups in total. The number of hydrogen-bond donors (Lipinski definition) is 0. The first-order chi connectivity index (χ1) is 20.9. The van der Waals surface area contributed by atoms with Crippen molar-refractivity contribution in [2.24, 2.45) is 11.8 Å². The molecule has 3 rings (SSSR count). The molecular weight excluding hydrogens is 589 g/mol. The Balaban J connectivity index is 1.89. The molecule has 0 bridgehead atoms. The van der Waals surface area contributed by atoms with Crippen LogP contribution in [0.2, 0.25) is 36.3 Å². The number of carbonyl (C=O) groups excluding carboxylic acids is 1. The summed E-state index contributed by atoms with van der Waals surface area (Å²) in [6.07, 6.45) is 10.3. The summed E-state index contributed by atoms with van der Waals surface area (Å²) in [5.74, 6) is 1.01. The van der Waals surface area contributed by atoms with Gasteiger partial charge in [0.2, 0.25) is 0 Å². The summed E-state index contributed by atoms with van der Waals surface area (Å²) >= 11 is 0. The lowest BCUT2D eigenvalue weighted by atomic mass is 9.87. The fourth-order valence-electron chi connectivity index (χ4n) is 5.50. The van der Waals surface area contributed by atoms with Gasteiger partial charge >= 0.3 is 0 Å². The number of unbranched alkanes of at least 4 members (excludes halogenated alkanes) is 2. The fourth-order valence-corrected chi connectivity index (χ4v) is 8.16. The first-order valence-electron chi connectivity index (χ1n) is 17.3. The van der Waals surface area contributed by atoms with Crippen molar-refractivity contribution >= 4 is 22.4 Å². The highest BCUT2D eigenvalue weighted by molar-refractivity contribution is 6.74. The van der Waals surface area contributed by atoms with Crippen LogP contribution in [0.1, 0.15) is 91.7 Å². The molecule has 1 fully saturated rings. The molecule has 45 heavy (non-hydrogen) atoms. The topological polar surface area (TPSA) is 44.8 Å². The third-order valence-electron chi connectivity index (χ3n) is 10.5. The third-order valence-corrected chi connectivity index (χ3v) is 19.5. The van der Waals surface area contributed by atoms with Gasteiger partial charge in [-0.2, -0.15) is 0 Å². The van der Waals surface area contributed by atoms with Crippen molar-refractivity contribution in [3.8, 4) is 5.75 Å². The smallest absolute Gasteiger partial charge is 0.192 e. The van der Waals surface area contributed by atoms with E-state index < -0.39 is 16.6 Å². The molecular formula is C39H62O4Si2. The number of ether oxygens (including phenoxy) is 1. The zero-order valence-electron chi connectivity index (χ0n) is 30.2. The molecule has 1 saturated carbocycles. The van der Waals surface area contributed by atoms with Crippen LogP contribution in [0, 0.1) is 11.8 Å². The molecule has 0 spiro atoms. The quantitative estimate of drug-likeness (QED) is 0.109. The van der Waals surface area contributed by atoms with Crippen LogP contribution in [0.4, 0.5) is 0 Å². The molecule has 1 aliphatic rings. The van der Waals surface area contributed by atoms with Gasteiger partial charge in [0.25, 0.3) is 0 Å². The molecule has 2 aromatic carbocycles. The van der Waals surface area contributed by atoms with Crippen LogP contribution >= 0.6 is 0 Å². The van der Waals surface area contributed by atoms with Crippen LogP contribution < -0.4 is 4.74 Å². The highest BCUT2D eigenvalue weighted by Crippen LogP contribution is 2.43. The predicted molar refractivity (Wildman–Crippen MR) is 195 cm³/mol. The largest absolute Gasteiger partial charge is 0.489 e. The minimum atomic E-state index is -2.09. The van der Waals surface area contributed by atoms with Gasteiger partial charge in [0, 0.05) is 18.3 Å². The van der Waals surface area contributed by atoms with E-state index in [1.165, 1.54) is 12.8 Å². The fraction of sp³-hybridized carbons (Fsp3) is 0.615. The van der Waals surface area contributed by atoms with Crippen LogP contribution in [-0.4, -0.2) is 34.6 Å². The van der Waals surface area contributed by atoms with E-state index in [9.17, 15) is 4.79 Å². The number of carbonyl (C=O) groups is 1. The Morgan fingerprint density at radius 1 is 0.867 bits per heavy atom. The van der Waals surface area contributed by atoms with E-state index in [0.717, 1.165) is 29.7 Å². The van der Waals surface area contributed by atoms with Gasteiger partial charge in [-0.1, -0.05) is 122 Å². The molecule has 0 saturated heterocycles. The molecule has 2 aromatic rings. The average Bonchev–Trinajstić information content (AvgIpc) is 3.22. The van der Waals surface area contributed by atoms with E-state index in [2.05, 4.69) is 111 Å². The second-order valence-corrected chi connectivity index (χ2v) is 25.7. The third kappa shape index (κ3) is 10.8. The summed E-state index contributed by atoms with van der Waals surface area (Å²) in [5, 5.41) is 0.207. The minimum Gasteiger partial charge on any atom is -0.489 e. The second-order valence-electron chi connectivity index (χ2n) is 16.2. The van der Waals surface area contributed by atoms with Gasteiger partial charge in [-0.05, 0) is 72.4 Å². The van der Waals surface area contributed by atoms with E-state index in [1.807, 2.05) is 30.3 Å². The van der Waals surface area contributed by atoms with E-state index in [-0.39, 0.29) is 34.1 Å². The molecule has 0 unspecified atom stereocenters. The summed E-state index contributed by atoms with van der Waals surface area (Å²) in [6, 6.07) is 18.5. The van der Waals surface area contributed by atoms with E-state index in [1.54, 1.807) is 0 Å². The van der Waals surface area contributed by atoms with Crippen molar-refractivity contribution in [1.29, 1.82) is 0 Å². The molecule has 0 heterocycles. The normalized spacial score (nSPS) is 20.6. The standard InChI is InChI=1S/C39H62O4Si2/c1-12-13-15-22-32(42-44(8,9)38(2,3)4)24-25-34-35(36(40)28-37(34)43-45(10,11)39(5,6)7)27-31-21-18-23-33(26-31)41-29-30-19-16-14-17-20-30/h14,16-21,23-26,32,34-35,37H,12-13,15,22,27-29H2,1-11H3/t32-,34+,35+,37+/m0/s1. The van der Waals surface area contributed by atoms with Crippen molar-refractivity contribution in [1.82, 2.24) is 0 Å². The molecule has 0 aromatic heterocycles. The van der Waals surface area contributed by atoms with Crippen LogP contribution in [0.5, 0.6) is 5.75 Å². The lowest BCUT2D eigenvalue weighted by Gasteiger charge is -2.40. The Bertz CT molecular complexity index is 1240. The first-order valence-corrected chi connectivity index (χ1v) is 23.1. The van der Waals surface area contributed by atoms with Crippen LogP contribution in [0.25, 0.3) is 0 Å². The SMILES string of the molecule is CCCCC[C@@H](C=C[C@H]1[C@H](O[Si](C)(C)C(C)(C)C)CC(=O)[C@@H]1Cc1cccc(OCc2ccccc2)c1)O[Si](C)(C)C(C)(C)C. The average molecular weight is 651 g/mol. The lowest BCUT2D eigenvalue weighted by molar-refractivity contribution is -0.121. The monoisotopic (exact) mass is 650 g/mol. The number of rotatable bonds is 15. The zero-order valence-corrected chi connectivity index (χ0v) is 32.2. The minimum absolute atomic E-state index is 0.0113. The van der Waals surface area contributed by atoms with Crippen molar-refractivity contribution in [3.05, 3.63) is 77.9 Å². The maximum absolute atomic E-state index is 13.8. The van der Waals surface area contributed by atoms with Crippen LogP contribution in [0.15, 0.2) is 66.7 Å². The summed E-state index contributed by atoms with van der Waals surface area (Å²) in [4.78, 5) is 13.8. The molecule has 250 valence electrons. The van der Waals surface area contributed by atoms with Gasteiger partial charge < -0.3 is 13.6 Å². The maximum atomic E-state index is 13.8. The Hall–Kier alpha value is -2.00. The van der Waals surface area contributed by atoms with Crippen molar-refractivity contribution < 1.29 is 18.4 Å². The van der Waals surface area contributed by atoms with E-state index in [4.69, 9.17) is 13.6 Å². The molecule has 1 aliphatic carbocycles. The molecule has 0 radical (unpaired) electrons. The molecule has 0 aliphatic heterocycles. The summed E-state index contributed by atoms with van der Waals surface area (Å²) in [5.41, 5.74) is 2.26. The van der Waals surface area contributed by atoms with Gasteiger partial charge in [-0.3, -0.25) is 4.79 Å². The summed E-state index contributed by atoms with van der Waals surface area (Å²) < 4.78 is 20.1. The van der Waals surface area contributed by atoms with Gasteiger partial charge in [-0.25, -0.2) is 0 Å². The summed E-state index contributed by atoms with van der Waals surface area (Å²) in [6.45, 7) is 25.8. The lowest BCUT2D eigenvalue weighted by Crippen LogP contribution is -2.45. The Kier molecular flexibility index (Phi) is 13.1. The van der Waals surface area contributed by atoms with Crippen molar-refractivity contribution in [3.63, 3.8) is 0 Å². The van der Waals surface area contributed by atoms with Gasteiger partial charge in [0.1, 0.15) is 18.1 Å². The van der Waals surface area contributed by atoms with Crippen molar-refractivity contribution in [2.75, 3.05) is 0 Å². The van der Waals surface area contributed by atoms with Gasteiger partial charge in [0.15, 0.2) is 16.6 Å². The summed E-state index contributed by atoms with van der Waals surface area (Å²) in [7, 11) is -4.06. The van der Waals surface area contributed by atoms with E-state index in [0.29, 0.717) is 25.2 Å². The van der Waals surface area contributed by atoms with Gasteiger partial charge in [0.05, 0.1) is 12.2 Å². The molecule has 4 atom stereocenters. The maximum Gasteiger partial charge on any atom is 0.192 e. The number of ketones is 1. The Labute approximate surface area is 277 Å². The zero-order chi connectivity index (χ0) is 33.5. The molecule has 4 nitrogen and oxygen atoms in total. The Morgan fingerprint density at radius 2 is 1.51 bits per heavy atom. The number of hydrogen-bond acceptors (Lipinski definition) is 4. The number of Topliss-reactive ketones (excluding diaryl/α,β-unsaturated/α-hetero) is 1. The highest BCUT2D eigenvalue weighted by atomic mass is 28.4. The Morgan fingerprint density at radius 3 is 2.13 bits per heavy atom. The first kappa shape index (κ1) is 37.5. The number of benzene rings is 2. The van der Waals surface area contributed by atoms with Crippen molar-refractivity contribution in [2.45, 2.75) is 142 Å². The highest BCUT2D eigenvalue weighted by Gasteiger charge is 2.47. The molecule has 0 amide bonds. The van der Waals surface area contributed by atoms with Crippen LogP contribution in [-0.2, 0) is 26.7 Å².